The summed E-state index contributed by atoms with van der Waals surface area (Å²) in [6.07, 6.45) is 7.67. The zero-order chi connectivity index (χ0) is 39.6. The van der Waals surface area contributed by atoms with Crippen LogP contribution in [0.25, 0.3) is 99.9 Å². The maximum Gasteiger partial charge on any atom is 0.0963 e. The molecule has 7 heterocycles. The molecule has 60 heavy (non-hydrogen) atoms. The van der Waals surface area contributed by atoms with E-state index in [0.29, 0.717) is 6.54 Å². The van der Waals surface area contributed by atoms with E-state index in [9.17, 15) is 0 Å². The van der Waals surface area contributed by atoms with Gasteiger partial charge in [0.15, 0.2) is 0 Å². The largest absolute Gasteiger partial charge is 0.686 e. The van der Waals surface area contributed by atoms with Gasteiger partial charge in [-0.2, -0.15) is 6.20 Å². The number of rotatable bonds is 6. The number of nitrogens with zero attached hydrogens (tertiary/aromatic N) is 7. The number of hydrogen-bond donors (Lipinski definition) is 0. The van der Waals surface area contributed by atoms with Crippen molar-refractivity contribution in [2.24, 2.45) is 0 Å². The molecule has 11 aromatic rings. The maximum absolute atomic E-state index is 5.33. The summed E-state index contributed by atoms with van der Waals surface area (Å²) in [5, 5.41) is 8.29. The normalized spacial score (nSPS) is 12.5. The van der Waals surface area contributed by atoms with Crippen LogP contribution in [0.3, 0.4) is 0 Å². The fraction of sp³-hybridized carbons (Fsp3) is 0.0189. The van der Waals surface area contributed by atoms with Gasteiger partial charge in [-0.05, 0) is 95.6 Å². The monoisotopic (exact) mass is 768 g/mol. The molecular weight excluding hydrogens is 735 g/mol. The molecule has 0 bridgehead atoms. The lowest BCUT2D eigenvalue weighted by molar-refractivity contribution is 1.16. The summed E-state index contributed by atoms with van der Waals surface area (Å²) in [6.45, 7) is 0.665. The topological polar surface area (TPSA) is 75.5 Å². The average molecular weight is 769 g/mol. The summed E-state index contributed by atoms with van der Waals surface area (Å²) in [5.74, 6) is 0. The van der Waals surface area contributed by atoms with Crippen LogP contribution in [-0.4, -0.2) is 29.1 Å². The van der Waals surface area contributed by atoms with Crippen molar-refractivity contribution in [2.75, 3.05) is 0 Å². The molecule has 6 aromatic heterocycles. The fourth-order valence-electron chi connectivity index (χ4n) is 8.90. The van der Waals surface area contributed by atoms with Crippen LogP contribution in [-0.2, 0) is 6.54 Å². The van der Waals surface area contributed by atoms with E-state index in [1.807, 2.05) is 30.9 Å². The molecule has 7 nitrogen and oxygen atoms in total. The first kappa shape index (κ1) is 33.9. The summed E-state index contributed by atoms with van der Waals surface area (Å²) >= 11 is 0. The minimum Gasteiger partial charge on any atom is -0.686 e. The van der Waals surface area contributed by atoms with Crippen molar-refractivity contribution in [2.45, 2.75) is 6.54 Å². The van der Waals surface area contributed by atoms with Crippen molar-refractivity contribution < 1.29 is 0 Å². The highest BCUT2D eigenvalue weighted by Gasteiger charge is 2.18. The molecule has 0 amide bonds. The molecule has 0 unspecified atom stereocenters. The van der Waals surface area contributed by atoms with Crippen LogP contribution < -0.4 is 0 Å². The zero-order valence-electron chi connectivity index (χ0n) is 32.3. The Balaban J connectivity index is 0.975. The maximum atomic E-state index is 5.33. The Kier molecular flexibility index (Phi) is 7.78. The van der Waals surface area contributed by atoms with Crippen molar-refractivity contribution in [3.8, 4) is 45.3 Å². The van der Waals surface area contributed by atoms with Crippen LogP contribution in [0.4, 0.5) is 0 Å². The Bertz CT molecular complexity index is 3390. The zero-order valence-corrected chi connectivity index (χ0v) is 32.3. The van der Waals surface area contributed by atoms with E-state index < -0.39 is 0 Å². The van der Waals surface area contributed by atoms with Crippen LogP contribution in [0.5, 0.6) is 0 Å². The lowest BCUT2D eigenvalue weighted by Crippen LogP contribution is -2.02. The first-order valence-electron chi connectivity index (χ1n) is 20.1. The van der Waals surface area contributed by atoms with Crippen molar-refractivity contribution in [3.63, 3.8) is 0 Å². The van der Waals surface area contributed by atoms with Crippen molar-refractivity contribution in [1.82, 2.24) is 29.1 Å². The number of aromatic nitrogens is 6. The smallest absolute Gasteiger partial charge is 0.0963 e. The van der Waals surface area contributed by atoms with E-state index in [-0.39, 0.29) is 0 Å². The summed E-state index contributed by atoms with van der Waals surface area (Å²) in [7, 11) is 0. The number of fused-ring (bicyclic) bond motifs is 7. The SMILES string of the molecule is C1=C(c2cc(-c3ccc(-n4c5ccccc5c5ncccc54)cc3)nc(-c3cccc(-c4cccc(-n5c6ccccc6c6ccncc65)c4)n3)c2)c2ccccc2C[N-]1. The number of benzene rings is 5. The molecule has 1 aliphatic rings. The standard InChI is InChI=1S/C53H34N7/c1-2-13-40-36(10-1)31-55-32-44(40)37-29-47(34-21-23-38(24-22-34)59-50-19-6-4-15-43(50)53-51(59)20-9-26-56-53)58-48(30-37)46-17-8-16-45(57-46)35-11-7-12-39(28-35)60-49-18-5-3-14-41(49)42-25-27-54-33-52(42)60/h1-30,32-33H,31H2/q-1. The van der Waals surface area contributed by atoms with Crippen LogP contribution in [0, 0.1) is 0 Å². The van der Waals surface area contributed by atoms with E-state index in [0.717, 1.165) is 89.4 Å². The molecule has 0 N–H and O–H groups in total. The summed E-state index contributed by atoms with van der Waals surface area (Å²) < 4.78 is 4.57. The van der Waals surface area contributed by atoms with Crippen molar-refractivity contribution >= 4 is 49.3 Å². The molecule has 0 fully saturated rings. The van der Waals surface area contributed by atoms with E-state index in [1.54, 1.807) is 0 Å². The molecule has 0 saturated carbocycles. The van der Waals surface area contributed by atoms with Gasteiger partial charge in [-0.25, -0.2) is 9.97 Å². The van der Waals surface area contributed by atoms with Gasteiger partial charge >= 0.3 is 0 Å². The summed E-state index contributed by atoms with van der Waals surface area (Å²) in [4.78, 5) is 19.9. The lowest BCUT2D eigenvalue weighted by atomic mass is 9.91. The van der Waals surface area contributed by atoms with E-state index >= 15 is 0 Å². The number of pyridine rings is 4. The molecule has 0 radical (unpaired) electrons. The van der Waals surface area contributed by atoms with E-state index in [4.69, 9.17) is 20.3 Å². The van der Waals surface area contributed by atoms with E-state index in [1.165, 1.54) is 21.9 Å². The Morgan fingerprint density at radius 2 is 1.17 bits per heavy atom. The second kappa shape index (κ2) is 13.7. The van der Waals surface area contributed by atoms with Crippen LogP contribution in [0.1, 0.15) is 16.7 Å². The summed E-state index contributed by atoms with van der Waals surface area (Å²) in [5.41, 5.74) is 17.3. The fourth-order valence-corrected chi connectivity index (χ4v) is 8.90. The van der Waals surface area contributed by atoms with Crippen molar-refractivity contribution in [3.05, 3.63) is 217 Å². The van der Waals surface area contributed by atoms with Gasteiger partial charge in [0.2, 0.25) is 0 Å². The Hall–Kier alpha value is -8.16. The Morgan fingerprint density at radius 1 is 0.450 bits per heavy atom. The quantitative estimate of drug-likeness (QED) is 0.169. The minimum atomic E-state index is 0.665. The van der Waals surface area contributed by atoms with Gasteiger partial charge in [0.1, 0.15) is 0 Å². The van der Waals surface area contributed by atoms with Gasteiger partial charge in [0.25, 0.3) is 0 Å². The number of hydrogen-bond acceptors (Lipinski definition) is 4. The Labute approximate surface area is 345 Å². The predicted molar refractivity (Wildman–Crippen MR) is 243 cm³/mol. The molecule has 282 valence electrons. The van der Waals surface area contributed by atoms with Crippen LogP contribution in [0.2, 0.25) is 0 Å². The van der Waals surface area contributed by atoms with Crippen LogP contribution >= 0.6 is 0 Å². The average Bonchev–Trinajstić information content (AvgIpc) is 3.84. The highest BCUT2D eigenvalue weighted by molar-refractivity contribution is 6.09. The van der Waals surface area contributed by atoms with Gasteiger partial charge in [0.05, 0.1) is 56.6 Å². The third kappa shape index (κ3) is 5.51. The molecular formula is C53H34N7-. The molecule has 1 aliphatic heterocycles. The van der Waals surface area contributed by atoms with Crippen LogP contribution in [0.15, 0.2) is 195 Å². The lowest BCUT2D eigenvalue weighted by Gasteiger charge is -2.28. The molecule has 0 spiro atoms. The van der Waals surface area contributed by atoms with Crippen molar-refractivity contribution in [1.29, 1.82) is 0 Å². The molecule has 7 heteroatoms. The third-order valence-corrected chi connectivity index (χ3v) is 11.7. The third-order valence-electron chi connectivity index (χ3n) is 11.7. The van der Waals surface area contributed by atoms with Gasteiger partial charge < -0.3 is 14.5 Å². The first-order valence-corrected chi connectivity index (χ1v) is 20.1. The first-order chi connectivity index (χ1) is 29.7. The minimum absolute atomic E-state index is 0.665. The predicted octanol–water partition coefficient (Wildman–Crippen LogP) is 12.7. The number of para-hydroxylation sites is 2. The molecule has 5 aromatic carbocycles. The van der Waals surface area contributed by atoms with Gasteiger partial charge in [-0.15, -0.1) is 6.54 Å². The molecule has 0 saturated heterocycles. The molecule has 0 aliphatic carbocycles. The van der Waals surface area contributed by atoms with Gasteiger partial charge in [-0.1, -0.05) is 96.6 Å². The summed E-state index contributed by atoms with van der Waals surface area (Å²) in [6, 6.07) is 59.5. The second-order valence-corrected chi connectivity index (χ2v) is 15.1. The highest BCUT2D eigenvalue weighted by Crippen LogP contribution is 2.38. The molecule has 12 rings (SSSR count). The molecule has 0 atom stereocenters. The van der Waals surface area contributed by atoms with Gasteiger partial charge in [-0.3, -0.25) is 9.97 Å². The van der Waals surface area contributed by atoms with Gasteiger partial charge in [0, 0.05) is 51.1 Å². The highest BCUT2D eigenvalue weighted by atomic mass is 15.0. The van der Waals surface area contributed by atoms with E-state index in [2.05, 4.69) is 178 Å². The Morgan fingerprint density at radius 3 is 2.08 bits per heavy atom. The second-order valence-electron chi connectivity index (χ2n) is 15.1.